The Balaban J connectivity index is 2.33. The minimum Gasteiger partial charge on any atom is -0.494 e. The molecule has 0 radical (unpaired) electrons. The van der Waals surface area contributed by atoms with E-state index in [0.717, 1.165) is 52.6 Å². The SMILES string of the molecule is CCCOc1ccc(-c2nc(CC)c(Br)c(NC)n2)cc1. The predicted octanol–water partition coefficient (Wildman–Crippen LogP) is 4.30. The molecule has 0 aliphatic carbocycles. The van der Waals surface area contributed by atoms with Crippen molar-refractivity contribution in [3.8, 4) is 17.1 Å². The highest BCUT2D eigenvalue weighted by Crippen LogP contribution is 2.28. The second kappa shape index (κ2) is 7.41. The first-order valence-electron chi connectivity index (χ1n) is 7.17. The third-order valence-electron chi connectivity index (χ3n) is 3.08. The summed E-state index contributed by atoms with van der Waals surface area (Å²) in [7, 11) is 1.86. The van der Waals surface area contributed by atoms with E-state index in [-0.39, 0.29) is 0 Å². The van der Waals surface area contributed by atoms with Gasteiger partial charge in [-0.05, 0) is 53.0 Å². The molecule has 0 fully saturated rings. The summed E-state index contributed by atoms with van der Waals surface area (Å²) in [6, 6.07) is 7.91. The van der Waals surface area contributed by atoms with Crippen LogP contribution in [-0.4, -0.2) is 23.6 Å². The van der Waals surface area contributed by atoms with Crippen molar-refractivity contribution in [3.63, 3.8) is 0 Å². The molecule has 4 nitrogen and oxygen atoms in total. The number of hydrogen-bond acceptors (Lipinski definition) is 4. The van der Waals surface area contributed by atoms with E-state index in [1.54, 1.807) is 0 Å². The van der Waals surface area contributed by atoms with Gasteiger partial charge in [0.05, 0.1) is 16.8 Å². The molecule has 2 aromatic rings. The number of ether oxygens (including phenoxy) is 1. The van der Waals surface area contributed by atoms with Crippen molar-refractivity contribution in [1.82, 2.24) is 9.97 Å². The van der Waals surface area contributed by atoms with Gasteiger partial charge in [-0.2, -0.15) is 0 Å². The number of aryl methyl sites for hydroxylation is 1. The number of nitrogens with zero attached hydrogens (tertiary/aromatic N) is 2. The number of hydrogen-bond donors (Lipinski definition) is 1. The van der Waals surface area contributed by atoms with Crippen LogP contribution in [0.15, 0.2) is 28.7 Å². The zero-order valence-electron chi connectivity index (χ0n) is 12.6. The lowest BCUT2D eigenvalue weighted by Crippen LogP contribution is -2.02. The van der Waals surface area contributed by atoms with Crippen LogP contribution in [0.2, 0.25) is 0 Å². The quantitative estimate of drug-likeness (QED) is 0.844. The van der Waals surface area contributed by atoms with E-state index in [2.05, 4.69) is 45.1 Å². The second-order valence-corrected chi connectivity index (χ2v) is 5.43. The molecule has 1 aromatic heterocycles. The van der Waals surface area contributed by atoms with Gasteiger partial charge in [-0.25, -0.2) is 9.97 Å². The zero-order chi connectivity index (χ0) is 15.2. The summed E-state index contributed by atoms with van der Waals surface area (Å²) in [5, 5.41) is 3.10. The maximum atomic E-state index is 5.59. The highest BCUT2D eigenvalue weighted by molar-refractivity contribution is 9.10. The number of anilines is 1. The molecule has 0 spiro atoms. The molecule has 2 rings (SSSR count). The summed E-state index contributed by atoms with van der Waals surface area (Å²) in [6.07, 6.45) is 1.85. The monoisotopic (exact) mass is 349 g/mol. The molecule has 0 atom stereocenters. The third-order valence-corrected chi connectivity index (χ3v) is 3.91. The lowest BCUT2D eigenvalue weighted by atomic mass is 10.2. The lowest BCUT2D eigenvalue weighted by molar-refractivity contribution is 0.317. The van der Waals surface area contributed by atoms with Gasteiger partial charge in [0.2, 0.25) is 0 Å². The fraction of sp³-hybridized carbons (Fsp3) is 0.375. The van der Waals surface area contributed by atoms with Crippen LogP contribution in [0.25, 0.3) is 11.4 Å². The van der Waals surface area contributed by atoms with E-state index in [0.29, 0.717) is 0 Å². The van der Waals surface area contributed by atoms with Gasteiger partial charge in [0.1, 0.15) is 11.6 Å². The number of benzene rings is 1. The highest BCUT2D eigenvalue weighted by Gasteiger charge is 2.11. The fourth-order valence-corrected chi connectivity index (χ4v) is 2.60. The van der Waals surface area contributed by atoms with Crippen LogP contribution in [0.3, 0.4) is 0 Å². The van der Waals surface area contributed by atoms with Gasteiger partial charge in [0.25, 0.3) is 0 Å². The first kappa shape index (κ1) is 15.8. The van der Waals surface area contributed by atoms with Crippen molar-refractivity contribution < 1.29 is 4.74 Å². The normalized spacial score (nSPS) is 10.5. The van der Waals surface area contributed by atoms with Crippen LogP contribution in [0.5, 0.6) is 5.75 Å². The molecular weight excluding hydrogens is 330 g/mol. The van der Waals surface area contributed by atoms with Crippen LogP contribution in [0.4, 0.5) is 5.82 Å². The van der Waals surface area contributed by atoms with Crippen LogP contribution >= 0.6 is 15.9 Å². The Morgan fingerprint density at radius 1 is 1.14 bits per heavy atom. The number of nitrogens with one attached hydrogen (secondary N) is 1. The smallest absolute Gasteiger partial charge is 0.161 e. The standard InChI is InChI=1S/C16H20BrN3O/c1-4-10-21-12-8-6-11(7-9-12)15-19-13(5-2)14(17)16(18-3)20-15/h6-9H,4-5,10H2,1-3H3,(H,18,19,20). The molecule has 5 heteroatoms. The summed E-state index contributed by atoms with van der Waals surface area (Å²) in [4.78, 5) is 9.17. The minimum absolute atomic E-state index is 0.724. The molecule has 1 aromatic carbocycles. The highest BCUT2D eigenvalue weighted by atomic mass is 79.9. The molecule has 1 heterocycles. The van der Waals surface area contributed by atoms with Gasteiger partial charge >= 0.3 is 0 Å². The largest absolute Gasteiger partial charge is 0.494 e. The Labute approximate surface area is 134 Å². The molecule has 0 bridgehead atoms. The van der Waals surface area contributed by atoms with E-state index in [9.17, 15) is 0 Å². The zero-order valence-corrected chi connectivity index (χ0v) is 14.2. The van der Waals surface area contributed by atoms with Crippen molar-refractivity contribution in [3.05, 3.63) is 34.4 Å². The average molecular weight is 350 g/mol. The molecule has 21 heavy (non-hydrogen) atoms. The Hall–Kier alpha value is -1.62. The van der Waals surface area contributed by atoms with E-state index >= 15 is 0 Å². The molecular formula is C16H20BrN3O. The van der Waals surface area contributed by atoms with Crippen LogP contribution in [0.1, 0.15) is 26.0 Å². The molecule has 1 N–H and O–H groups in total. The molecule has 0 saturated heterocycles. The average Bonchev–Trinajstić information content (AvgIpc) is 2.53. The van der Waals surface area contributed by atoms with Gasteiger partial charge < -0.3 is 10.1 Å². The first-order chi connectivity index (χ1) is 10.2. The molecule has 0 amide bonds. The van der Waals surface area contributed by atoms with E-state index in [1.807, 2.05) is 31.3 Å². The Morgan fingerprint density at radius 2 is 1.86 bits per heavy atom. The number of aromatic nitrogens is 2. The summed E-state index contributed by atoms with van der Waals surface area (Å²) < 4.78 is 6.52. The maximum absolute atomic E-state index is 5.59. The number of halogens is 1. The molecule has 0 aliphatic rings. The number of rotatable bonds is 6. The van der Waals surface area contributed by atoms with Gasteiger partial charge in [0, 0.05) is 12.6 Å². The predicted molar refractivity (Wildman–Crippen MR) is 89.9 cm³/mol. The first-order valence-corrected chi connectivity index (χ1v) is 7.96. The van der Waals surface area contributed by atoms with Gasteiger partial charge in [-0.15, -0.1) is 0 Å². The summed E-state index contributed by atoms with van der Waals surface area (Å²) in [6.45, 7) is 4.91. The van der Waals surface area contributed by atoms with Crippen LogP contribution < -0.4 is 10.1 Å². The van der Waals surface area contributed by atoms with Gasteiger partial charge in [-0.1, -0.05) is 13.8 Å². The van der Waals surface area contributed by atoms with Crippen molar-refractivity contribution in [1.29, 1.82) is 0 Å². The second-order valence-electron chi connectivity index (χ2n) is 4.63. The lowest BCUT2D eigenvalue weighted by Gasteiger charge is -2.10. The minimum atomic E-state index is 0.724. The topological polar surface area (TPSA) is 47.0 Å². The Bertz CT molecular complexity index is 574. The van der Waals surface area contributed by atoms with Crippen molar-refractivity contribution in [2.45, 2.75) is 26.7 Å². The van der Waals surface area contributed by atoms with Gasteiger partial charge in [0.15, 0.2) is 5.82 Å². The van der Waals surface area contributed by atoms with Crippen molar-refractivity contribution >= 4 is 21.7 Å². The molecule has 0 unspecified atom stereocenters. The van der Waals surface area contributed by atoms with Gasteiger partial charge in [-0.3, -0.25) is 0 Å². The maximum Gasteiger partial charge on any atom is 0.161 e. The van der Waals surface area contributed by atoms with Crippen molar-refractivity contribution in [2.75, 3.05) is 19.0 Å². The van der Waals surface area contributed by atoms with E-state index in [4.69, 9.17) is 4.74 Å². The molecule has 0 saturated carbocycles. The third kappa shape index (κ3) is 3.73. The van der Waals surface area contributed by atoms with Crippen LogP contribution in [0, 0.1) is 0 Å². The molecule has 112 valence electrons. The van der Waals surface area contributed by atoms with E-state index in [1.165, 1.54) is 0 Å². The van der Waals surface area contributed by atoms with E-state index < -0.39 is 0 Å². The van der Waals surface area contributed by atoms with Crippen molar-refractivity contribution in [2.24, 2.45) is 0 Å². The summed E-state index contributed by atoms with van der Waals surface area (Å²) in [5.74, 6) is 2.41. The summed E-state index contributed by atoms with van der Waals surface area (Å²) >= 11 is 3.54. The van der Waals surface area contributed by atoms with Crippen LogP contribution in [-0.2, 0) is 6.42 Å². The molecule has 0 aliphatic heterocycles. The fourth-order valence-electron chi connectivity index (χ4n) is 1.94. The summed E-state index contributed by atoms with van der Waals surface area (Å²) in [5.41, 5.74) is 1.98. The Kier molecular flexibility index (Phi) is 5.56. The Morgan fingerprint density at radius 3 is 2.43 bits per heavy atom.